The number of hydrogen-bond donors (Lipinski definition) is 1. The molecule has 5 nitrogen and oxygen atoms in total. The van der Waals surface area contributed by atoms with E-state index in [2.05, 4.69) is 9.97 Å². The van der Waals surface area contributed by atoms with Gasteiger partial charge in [-0.25, -0.2) is 27.5 Å². The maximum absolute atomic E-state index is 14.4. The Bertz CT molecular complexity index is 1380. The molecule has 0 atom stereocenters. The van der Waals surface area contributed by atoms with E-state index in [0.29, 0.717) is 22.6 Å². The van der Waals surface area contributed by atoms with Gasteiger partial charge in [0.05, 0.1) is 18.3 Å². The average Bonchev–Trinajstić information content (AvgIpc) is 2.89. The van der Waals surface area contributed by atoms with Gasteiger partial charge >= 0.3 is 0 Å². The van der Waals surface area contributed by atoms with Gasteiger partial charge in [-0.1, -0.05) is 42.5 Å². The van der Waals surface area contributed by atoms with Crippen LogP contribution in [0.3, 0.4) is 0 Å². The van der Waals surface area contributed by atoms with Crippen molar-refractivity contribution in [3.05, 3.63) is 95.2 Å². The maximum Gasteiger partial charge on any atom is 0.232 e. The summed E-state index contributed by atoms with van der Waals surface area (Å²) in [6, 6.07) is 16.0. The standard InChI is InChI=1S/C26H20F4N4O/c1-14-18(22(28)24(30)23(29)21(14)27)12-20(35)34(2)26-25(16-6-4-3-5-7-16)33-19(13-32-26)15-8-10-17(31)11-9-15/h3-11,13H,12,31H2,1-2H3. The minimum Gasteiger partial charge on any atom is -0.399 e. The summed E-state index contributed by atoms with van der Waals surface area (Å²) in [6.45, 7) is 1.08. The molecule has 1 heterocycles. The lowest BCUT2D eigenvalue weighted by atomic mass is 10.0. The fraction of sp³-hybridized carbons (Fsp3) is 0.115. The Kier molecular flexibility index (Phi) is 6.50. The Morgan fingerprint density at radius 3 is 2.17 bits per heavy atom. The number of halogens is 4. The molecule has 0 saturated heterocycles. The third-order valence-electron chi connectivity index (χ3n) is 5.65. The van der Waals surface area contributed by atoms with Gasteiger partial charge in [0.25, 0.3) is 0 Å². The van der Waals surface area contributed by atoms with Gasteiger partial charge in [-0.2, -0.15) is 0 Å². The topological polar surface area (TPSA) is 72.1 Å². The Hall–Kier alpha value is -4.27. The van der Waals surface area contributed by atoms with Crippen LogP contribution in [0.4, 0.5) is 29.1 Å². The first-order valence-corrected chi connectivity index (χ1v) is 10.6. The first-order chi connectivity index (χ1) is 16.7. The van der Waals surface area contributed by atoms with E-state index in [0.717, 1.165) is 17.4 Å². The minimum absolute atomic E-state index is 0.154. The summed E-state index contributed by atoms with van der Waals surface area (Å²) in [4.78, 5) is 23.3. The number of nitrogens with two attached hydrogens (primary N) is 1. The molecule has 35 heavy (non-hydrogen) atoms. The van der Waals surface area contributed by atoms with Crippen LogP contribution in [0.5, 0.6) is 0 Å². The lowest BCUT2D eigenvalue weighted by Crippen LogP contribution is -2.30. The first-order valence-electron chi connectivity index (χ1n) is 10.6. The molecule has 0 radical (unpaired) electrons. The predicted molar refractivity (Wildman–Crippen MR) is 125 cm³/mol. The van der Waals surface area contributed by atoms with Crippen LogP contribution >= 0.6 is 0 Å². The van der Waals surface area contributed by atoms with Crippen LogP contribution in [0.1, 0.15) is 11.1 Å². The summed E-state index contributed by atoms with van der Waals surface area (Å²) < 4.78 is 55.6. The summed E-state index contributed by atoms with van der Waals surface area (Å²) in [7, 11) is 1.39. The molecule has 0 aliphatic rings. The largest absolute Gasteiger partial charge is 0.399 e. The smallest absolute Gasteiger partial charge is 0.232 e. The van der Waals surface area contributed by atoms with Gasteiger partial charge in [0.1, 0.15) is 5.69 Å². The highest BCUT2D eigenvalue weighted by atomic mass is 19.2. The molecular formula is C26H20F4N4O. The van der Waals surface area contributed by atoms with Gasteiger partial charge in [-0.3, -0.25) is 9.69 Å². The lowest BCUT2D eigenvalue weighted by molar-refractivity contribution is -0.117. The highest BCUT2D eigenvalue weighted by Gasteiger charge is 2.27. The normalized spacial score (nSPS) is 10.9. The first kappa shape index (κ1) is 23.9. The van der Waals surface area contributed by atoms with Gasteiger partial charge in [-0.15, -0.1) is 0 Å². The molecule has 0 bridgehead atoms. The number of nitrogen functional groups attached to an aromatic ring is 1. The van der Waals surface area contributed by atoms with Crippen molar-refractivity contribution in [1.82, 2.24) is 9.97 Å². The van der Waals surface area contributed by atoms with Crippen molar-refractivity contribution in [3.63, 3.8) is 0 Å². The SMILES string of the molecule is Cc1c(F)c(F)c(F)c(F)c1CC(=O)N(C)c1ncc(-c2ccc(N)cc2)nc1-c1ccccc1. The summed E-state index contributed by atoms with van der Waals surface area (Å²) in [6.07, 6.45) is 0.762. The third kappa shape index (κ3) is 4.57. The average molecular weight is 480 g/mol. The molecule has 0 spiro atoms. The van der Waals surface area contributed by atoms with E-state index < -0.39 is 46.7 Å². The molecule has 4 aromatic rings. The van der Waals surface area contributed by atoms with Crippen LogP contribution < -0.4 is 10.6 Å². The molecule has 0 aliphatic carbocycles. The van der Waals surface area contributed by atoms with Crippen molar-refractivity contribution in [3.8, 4) is 22.5 Å². The van der Waals surface area contributed by atoms with Gasteiger partial charge < -0.3 is 5.73 Å². The van der Waals surface area contributed by atoms with Crippen LogP contribution in [-0.2, 0) is 11.2 Å². The van der Waals surface area contributed by atoms with Gasteiger partial charge in [0.15, 0.2) is 29.1 Å². The van der Waals surface area contributed by atoms with Crippen molar-refractivity contribution < 1.29 is 22.4 Å². The van der Waals surface area contributed by atoms with E-state index in [1.807, 2.05) is 6.07 Å². The monoisotopic (exact) mass is 480 g/mol. The van der Waals surface area contributed by atoms with Crippen LogP contribution in [0, 0.1) is 30.2 Å². The fourth-order valence-corrected chi connectivity index (χ4v) is 3.60. The zero-order chi connectivity index (χ0) is 25.3. The molecule has 4 rings (SSSR count). The quantitative estimate of drug-likeness (QED) is 0.178. The Morgan fingerprint density at radius 2 is 1.51 bits per heavy atom. The molecule has 178 valence electrons. The Morgan fingerprint density at radius 1 is 0.886 bits per heavy atom. The van der Waals surface area contributed by atoms with Crippen LogP contribution in [0.15, 0.2) is 60.8 Å². The molecule has 0 aliphatic heterocycles. The third-order valence-corrected chi connectivity index (χ3v) is 5.65. The molecule has 3 aromatic carbocycles. The summed E-state index contributed by atoms with van der Waals surface area (Å²) in [5.74, 6) is -7.58. The van der Waals surface area contributed by atoms with Crippen molar-refractivity contribution in [1.29, 1.82) is 0 Å². The molecule has 0 unspecified atom stereocenters. The molecule has 0 saturated carbocycles. The van der Waals surface area contributed by atoms with Crippen LogP contribution in [-0.4, -0.2) is 22.9 Å². The molecule has 1 aromatic heterocycles. The van der Waals surface area contributed by atoms with E-state index >= 15 is 0 Å². The number of benzene rings is 3. The lowest BCUT2D eigenvalue weighted by Gasteiger charge is -2.21. The molecular weight excluding hydrogens is 460 g/mol. The number of nitrogens with zero attached hydrogens (tertiary/aromatic N) is 3. The van der Waals surface area contributed by atoms with Gasteiger partial charge in [-0.05, 0) is 24.6 Å². The predicted octanol–water partition coefficient (Wildman–Crippen LogP) is 5.46. The van der Waals surface area contributed by atoms with E-state index in [1.165, 1.54) is 13.2 Å². The molecule has 0 fully saturated rings. The second kappa shape index (κ2) is 9.54. The Labute approximate surface area is 198 Å². The molecule has 2 N–H and O–H groups in total. The fourth-order valence-electron chi connectivity index (χ4n) is 3.60. The minimum atomic E-state index is -1.96. The van der Waals surface area contributed by atoms with Gasteiger partial charge in [0, 0.05) is 29.4 Å². The number of hydrogen-bond acceptors (Lipinski definition) is 4. The number of anilines is 2. The zero-order valence-electron chi connectivity index (χ0n) is 18.8. The summed E-state index contributed by atoms with van der Waals surface area (Å²) in [5.41, 5.74) is 7.61. The number of carbonyl (C=O) groups excluding carboxylic acids is 1. The number of likely N-dealkylation sites (N-methyl/N-ethyl adjacent to an activating group) is 1. The van der Waals surface area contributed by atoms with Gasteiger partial charge in [0.2, 0.25) is 5.91 Å². The number of carbonyl (C=O) groups is 1. The van der Waals surface area contributed by atoms with E-state index in [9.17, 15) is 22.4 Å². The Balaban J connectivity index is 1.75. The maximum atomic E-state index is 14.4. The van der Waals surface area contributed by atoms with Crippen molar-refractivity contribution >= 4 is 17.4 Å². The van der Waals surface area contributed by atoms with Crippen molar-refractivity contribution in [2.75, 3.05) is 17.7 Å². The number of rotatable bonds is 5. The highest BCUT2D eigenvalue weighted by Crippen LogP contribution is 2.31. The van der Waals surface area contributed by atoms with E-state index in [4.69, 9.17) is 5.73 Å². The van der Waals surface area contributed by atoms with Crippen LogP contribution in [0.25, 0.3) is 22.5 Å². The zero-order valence-corrected chi connectivity index (χ0v) is 18.8. The van der Waals surface area contributed by atoms with Crippen molar-refractivity contribution in [2.24, 2.45) is 0 Å². The molecule has 1 amide bonds. The highest BCUT2D eigenvalue weighted by molar-refractivity contribution is 5.96. The van der Waals surface area contributed by atoms with E-state index in [1.54, 1.807) is 48.5 Å². The van der Waals surface area contributed by atoms with E-state index in [-0.39, 0.29) is 5.82 Å². The summed E-state index contributed by atoms with van der Waals surface area (Å²) in [5, 5.41) is 0. The summed E-state index contributed by atoms with van der Waals surface area (Å²) >= 11 is 0. The second-order valence-electron chi connectivity index (χ2n) is 7.90. The van der Waals surface area contributed by atoms with Crippen LogP contribution in [0.2, 0.25) is 0 Å². The number of aromatic nitrogens is 2. The second-order valence-corrected chi connectivity index (χ2v) is 7.90. The van der Waals surface area contributed by atoms with Crippen molar-refractivity contribution in [2.45, 2.75) is 13.3 Å². The molecule has 9 heteroatoms. The number of amides is 1.